The van der Waals surface area contributed by atoms with Crippen molar-refractivity contribution in [1.29, 1.82) is 0 Å². The number of hydrogen-bond donors (Lipinski definition) is 2. The number of carbonyl (C=O) groups is 2. The maximum Gasteiger partial charge on any atom is 0.257 e. The van der Waals surface area contributed by atoms with Gasteiger partial charge in [0.05, 0.1) is 6.54 Å². The molecule has 0 spiro atoms. The zero-order valence-corrected chi connectivity index (χ0v) is 16.0. The molecular formula is C21H23N5O3. The molecular weight excluding hydrogens is 370 g/mol. The Labute approximate surface area is 167 Å². The SMILES string of the molecule is O=C(NCC(=O)N1CCC(Cn2cccn2)CC1)c1c[nH]c2ccccc2c1=O. The molecule has 3 aromatic rings. The number of likely N-dealkylation sites (tertiary alicyclic amines) is 1. The number of rotatable bonds is 5. The highest BCUT2D eigenvalue weighted by Crippen LogP contribution is 2.18. The normalized spacial score (nSPS) is 14.8. The molecule has 4 rings (SSSR count). The average molecular weight is 393 g/mol. The van der Waals surface area contributed by atoms with Gasteiger partial charge in [0.1, 0.15) is 5.56 Å². The quantitative estimate of drug-likeness (QED) is 0.684. The number of fused-ring (bicyclic) bond motifs is 1. The highest BCUT2D eigenvalue weighted by Gasteiger charge is 2.23. The van der Waals surface area contributed by atoms with Crippen molar-refractivity contribution >= 4 is 22.7 Å². The van der Waals surface area contributed by atoms with E-state index in [2.05, 4.69) is 15.4 Å². The fraction of sp³-hybridized carbons (Fsp3) is 0.333. The number of carbonyl (C=O) groups excluding carboxylic acids is 2. The number of benzene rings is 1. The van der Waals surface area contributed by atoms with Crippen LogP contribution in [0.15, 0.2) is 53.7 Å². The Kier molecular flexibility index (Phi) is 5.41. The lowest BCUT2D eigenvalue weighted by molar-refractivity contribution is -0.131. The maximum atomic E-state index is 12.5. The van der Waals surface area contributed by atoms with Crippen LogP contribution in [0.3, 0.4) is 0 Å². The molecule has 1 fully saturated rings. The second-order valence-electron chi connectivity index (χ2n) is 7.31. The zero-order valence-electron chi connectivity index (χ0n) is 16.0. The van der Waals surface area contributed by atoms with Crippen LogP contribution in [0.1, 0.15) is 23.2 Å². The molecule has 1 aliphatic heterocycles. The second kappa shape index (κ2) is 8.30. The van der Waals surface area contributed by atoms with E-state index in [9.17, 15) is 14.4 Å². The number of hydrogen-bond acceptors (Lipinski definition) is 4. The fourth-order valence-corrected chi connectivity index (χ4v) is 3.74. The van der Waals surface area contributed by atoms with Gasteiger partial charge >= 0.3 is 0 Å². The fourth-order valence-electron chi connectivity index (χ4n) is 3.74. The standard InChI is InChI=1S/C21H23N5O3/c27-19(25-10-6-15(7-11-25)14-26-9-3-8-24-26)13-23-21(29)17-12-22-18-5-2-1-4-16(18)20(17)28/h1-5,8-9,12,15H,6-7,10-11,13-14H2,(H,22,28)(H,23,29). The summed E-state index contributed by atoms with van der Waals surface area (Å²) in [5.74, 6) is -0.184. The van der Waals surface area contributed by atoms with Crippen LogP contribution in [-0.4, -0.2) is 51.1 Å². The zero-order chi connectivity index (χ0) is 20.2. The number of nitrogens with zero attached hydrogens (tertiary/aromatic N) is 3. The van der Waals surface area contributed by atoms with Gasteiger partial charge in [-0.1, -0.05) is 12.1 Å². The molecule has 0 bridgehead atoms. The van der Waals surface area contributed by atoms with E-state index >= 15 is 0 Å². The summed E-state index contributed by atoms with van der Waals surface area (Å²) in [6, 6.07) is 8.91. The Hall–Kier alpha value is -3.42. The van der Waals surface area contributed by atoms with Crippen LogP contribution >= 0.6 is 0 Å². The number of piperidine rings is 1. The minimum atomic E-state index is -0.543. The summed E-state index contributed by atoms with van der Waals surface area (Å²) in [6.07, 6.45) is 6.92. The van der Waals surface area contributed by atoms with Gasteiger partial charge in [0.25, 0.3) is 5.91 Å². The van der Waals surface area contributed by atoms with E-state index in [4.69, 9.17) is 0 Å². The molecule has 0 unspecified atom stereocenters. The molecule has 0 saturated carbocycles. The lowest BCUT2D eigenvalue weighted by atomic mass is 9.97. The van der Waals surface area contributed by atoms with E-state index < -0.39 is 5.91 Å². The first-order valence-corrected chi connectivity index (χ1v) is 9.75. The monoisotopic (exact) mass is 393 g/mol. The van der Waals surface area contributed by atoms with E-state index in [0.29, 0.717) is 29.9 Å². The Balaban J connectivity index is 1.30. The minimum absolute atomic E-state index is 0.00873. The number of aromatic amines is 1. The number of pyridine rings is 1. The van der Waals surface area contributed by atoms with Crippen molar-refractivity contribution < 1.29 is 9.59 Å². The molecule has 8 heteroatoms. The molecule has 0 radical (unpaired) electrons. The van der Waals surface area contributed by atoms with Crippen LogP contribution in [-0.2, 0) is 11.3 Å². The van der Waals surface area contributed by atoms with E-state index in [0.717, 1.165) is 19.4 Å². The Bertz CT molecular complexity index is 1070. The van der Waals surface area contributed by atoms with E-state index in [1.807, 2.05) is 23.0 Å². The molecule has 29 heavy (non-hydrogen) atoms. The van der Waals surface area contributed by atoms with Crippen molar-refractivity contribution in [2.75, 3.05) is 19.6 Å². The van der Waals surface area contributed by atoms with Gasteiger partial charge < -0.3 is 15.2 Å². The number of H-pyrrole nitrogens is 1. The van der Waals surface area contributed by atoms with Gasteiger partial charge in [0, 0.05) is 49.1 Å². The smallest absolute Gasteiger partial charge is 0.257 e. The van der Waals surface area contributed by atoms with Gasteiger partial charge in [-0.15, -0.1) is 0 Å². The summed E-state index contributed by atoms with van der Waals surface area (Å²) < 4.78 is 1.92. The van der Waals surface area contributed by atoms with Crippen LogP contribution in [0, 0.1) is 5.92 Å². The van der Waals surface area contributed by atoms with E-state index in [1.54, 1.807) is 29.3 Å². The van der Waals surface area contributed by atoms with Gasteiger partial charge in [-0.25, -0.2) is 0 Å². The van der Waals surface area contributed by atoms with Crippen molar-refractivity contribution in [1.82, 2.24) is 25.0 Å². The summed E-state index contributed by atoms with van der Waals surface area (Å²) >= 11 is 0. The first kappa shape index (κ1) is 18.9. The number of nitrogens with one attached hydrogen (secondary N) is 2. The molecule has 1 saturated heterocycles. The molecule has 2 aromatic heterocycles. The van der Waals surface area contributed by atoms with Crippen molar-refractivity contribution in [3.05, 3.63) is 64.7 Å². The van der Waals surface area contributed by atoms with Crippen molar-refractivity contribution in [3.8, 4) is 0 Å². The first-order valence-electron chi connectivity index (χ1n) is 9.75. The Morgan fingerprint density at radius 1 is 1.17 bits per heavy atom. The summed E-state index contributed by atoms with van der Waals surface area (Å²) in [6.45, 7) is 2.07. The van der Waals surface area contributed by atoms with Crippen molar-refractivity contribution in [3.63, 3.8) is 0 Å². The second-order valence-corrected chi connectivity index (χ2v) is 7.31. The highest BCUT2D eigenvalue weighted by atomic mass is 16.2. The van der Waals surface area contributed by atoms with Crippen LogP contribution in [0.25, 0.3) is 10.9 Å². The Morgan fingerprint density at radius 2 is 1.97 bits per heavy atom. The van der Waals surface area contributed by atoms with Gasteiger partial charge in [-0.3, -0.25) is 19.1 Å². The predicted molar refractivity (Wildman–Crippen MR) is 108 cm³/mol. The topological polar surface area (TPSA) is 100 Å². The van der Waals surface area contributed by atoms with Crippen LogP contribution in [0.2, 0.25) is 0 Å². The number of aromatic nitrogens is 3. The van der Waals surface area contributed by atoms with Crippen LogP contribution in [0.5, 0.6) is 0 Å². The molecule has 8 nitrogen and oxygen atoms in total. The lowest BCUT2D eigenvalue weighted by Gasteiger charge is -2.32. The molecule has 150 valence electrons. The van der Waals surface area contributed by atoms with Gasteiger partial charge in [-0.05, 0) is 37.0 Å². The number of para-hydroxylation sites is 1. The van der Waals surface area contributed by atoms with Gasteiger partial charge in [-0.2, -0.15) is 5.10 Å². The van der Waals surface area contributed by atoms with Gasteiger partial charge in [0.2, 0.25) is 11.3 Å². The third-order valence-electron chi connectivity index (χ3n) is 5.40. The number of amides is 2. The van der Waals surface area contributed by atoms with Crippen LogP contribution in [0.4, 0.5) is 0 Å². The van der Waals surface area contributed by atoms with E-state index in [1.165, 1.54) is 6.20 Å². The molecule has 2 N–H and O–H groups in total. The summed E-state index contributed by atoms with van der Waals surface area (Å²) in [5, 5.41) is 7.26. The lowest BCUT2D eigenvalue weighted by Crippen LogP contribution is -2.45. The van der Waals surface area contributed by atoms with E-state index in [-0.39, 0.29) is 23.4 Å². The maximum absolute atomic E-state index is 12.5. The molecule has 3 heterocycles. The molecule has 1 aromatic carbocycles. The summed E-state index contributed by atoms with van der Waals surface area (Å²) in [7, 11) is 0. The predicted octanol–water partition coefficient (Wildman–Crippen LogP) is 1.39. The molecule has 0 atom stereocenters. The molecule has 0 aliphatic carbocycles. The van der Waals surface area contributed by atoms with Crippen molar-refractivity contribution in [2.24, 2.45) is 5.92 Å². The Morgan fingerprint density at radius 3 is 2.72 bits per heavy atom. The largest absolute Gasteiger partial charge is 0.360 e. The third kappa shape index (κ3) is 4.21. The first-order chi connectivity index (χ1) is 14.1. The van der Waals surface area contributed by atoms with Gasteiger partial charge in [0.15, 0.2) is 0 Å². The third-order valence-corrected chi connectivity index (χ3v) is 5.40. The molecule has 1 aliphatic rings. The summed E-state index contributed by atoms with van der Waals surface area (Å²) in [5.41, 5.74) is 0.335. The highest BCUT2D eigenvalue weighted by molar-refractivity contribution is 5.98. The van der Waals surface area contributed by atoms with Crippen LogP contribution < -0.4 is 10.7 Å². The summed E-state index contributed by atoms with van der Waals surface area (Å²) in [4.78, 5) is 42.1. The average Bonchev–Trinajstić information content (AvgIpc) is 3.26. The van der Waals surface area contributed by atoms with Crippen molar-refractivity contribution in [2.45, 2.75) is 19.4 Å². The minimum Gasteiger partial charge on any atom is -0.360 e. The molecule has 2 amide bonds.